The van der Waals surface area contributed by atoms with Crippen LogP contribution in [0.4, 0.5) is 5.69 Å². The Morgan fingerprint density at radius 3 is 1.96 bits per heavy atom. The minimum Gasteiger partial charge on any atom is -0.350 e. The molecule has 1 atom stereocenters. The molecule has 242 valence electrons. The molecule has 4 aromatic rings. The number of para-hydroxylation sites is 1. The first-order valence-corrected chi connectivity index (χ1v) is 17.3. The first kappa shape index (κ1) is 35.0. The van der Waals surface area contributed by atoms with Crippen LogP contribution in [0, 0.1) is 0 Å². The SMILES string of the molecule is CCc1ccccc1N(CC(=O)N(Cc1c(Cl)cccc1Cl)C(Cc1ccccc1)C(=O)NC(C)(C)C)S(=O)(=O)c1ccccc1. The fourth-order valence-corrected chi connectivity index (χ4v) is 7.14. The van der Waals surface area contributed by atoms with Crippen molar-refractivity contribution in [1.82, 2.24) is 10.2 Å². The summed E-state index contributed by atoms with van der Waals surface area (Å²) in [5.74, 6) is -0.981. The molecule has 0 aliphatic carbocycles. The molecule has 1 unspecified atom stereocenters. The lowest BCUT2D eigenvalue weighted by molar-refractivity contribution is -0.140. The number of nitrogens with zero attached hydrogens (tertiary/aromatic N) is 2. The summed E-state index contributed by atoms with van der Waals surface area (Å²) in [5, 5.41) is 3.67. The summed E-state index contributed by atoms with van der Waals surface area (Å²) in [6.45, 7) is 6.81. The minimum absolute atomic E-state index is 0.0423. The quantitative estimate of drug-likeness (QED) is 0.170. The molecule has 4 aromatic carbocycles. The fraction of sp³-hybridized carbons (Fsp3) is 0.278. The maximum Gasteiger partial charge on any atom is 0.264 e. The number of halogens is 2. The van der Waals surface area contributed by atoms with Gasteiger partial charge in [0.1, 0.15) is 12.6 Å². The second kappa shape index (κ2) is 15.2. The number of hydrogen-bond donors (Lipinski definition) is 1. The number of anilines is 1. The Kier molecular flexibility index (Phi) is 11.5. The van der Waals surface area contributed by atoms with Crippen LogP contribution < -0.4 is 9.62 Å². The topological polar surface area (TPSA) is 86.8 Å². The van der Waals surface area contributed by atoms with E-state index in [0.717, 1.165) is 15.4 Å². The number of sulfonamides is 1. The van der Waals surface area contributed by atoms with Gasteiger partial charge in [0.05, 0.1) is 10.6 Å². The Morgan fingerprint density at radius 1 is 0.804 bits per heavy atom. The van der Waals surface area contributed by atoms with Crippen LogP contribution >= 0.6 is 23.2 Å². The molecule has 1 N–H and O–H groups in total. The number of aryl methyl sites for hydroxylation is 1. The molecule has 2 amide bonds. The van der Waals surface area contributed by atoms with Crippen LogP contribution in [0.3, 0.4) is 0 Å². The van der Waals surface area contributed by atoms with Gasteiger partial charge < -0.3 is 10.2 Å². The molecule has 4 rings (SSSR count). The van der Waals surface area contributed by atoms with Gasteiger partial charge in [0.2, 0.25) is 11.8 Å². The van der Waals surface area contributed by atoms with Crippen molar-refractivity contribution in [2.45, 2.75) is 63.6 Å². The van der Waals surface area contributed by atoms with Crippen molar-refractivity contribution in [3.8, 4) is 0 Å². The van der Waals surface area contributed by atoms with Crippen LogP contribution in [-0.2, 0) is 39.0 Å². The number of rotatable bonds is 12. The molecular formula is C36H39Cl2N3O4S. The summed E-state index contributed by atoms with van der Waals surface area (Å²) in [5.41, 5.74) is 1.81. The highest BCUT2D eigenvalue weighted by Crippen LogP contribution is 2.30. The predicted octanol–water partition coefficient (Wildman–Crippen LogP) is 7.31. The fourth-order valence-electron chi connectivity index (χ4n) is 5.15. The van der Waals surface area contributed by atoms with E-state index < -0.39 is 34.1 Å². The highest BCUT2D eigenvalue weighted by molar-refractivity contribution is 7.92. The Bertz CT molecular complexity index is 1740. The van der Waals surface area contributed by atoms with Gasteiger partial charge in [0, 0.05) is 34.1 Å². The second-order valence-corrected chi connectivity index (χ2v) is 14.7. The van der Waals surface area contributed by atoms with Crippen molar-refractivity contribution in [3.05, 3.63) is 130 Å². The first-order valence-electron chi connectivity index (χ1n) is 15.1. The lowest BCUT2D eigenvalue weighted by Gasteiger charge is -2.36. The molecule has 0 heterocycles. The van der Waals surface area contributed by atoms with Gasteiger partial charge in [-0.05, 0) is 68.7 Å². The van der Waals surface area contributed by atoms with Crippen molar-refractivity contribution in [2.75, 3.05) is 10.8 Å². The van der Waals surface area contributed by atoms with E-state index in [1.807, 2.05) is 70.2 Å². The molecule has 0 saturated heterocycles. The zero-order chi connectivity index (χ0) is 33.5. The molecular weight excluding hydrogens is 641 g/mol. The predicted molar refractivity (Wildman–Crippen MR) is 186 cm³/mol. The molecule has 0 aromatic heterocycles. The van der Waals surface area contributed by atoms with E-state index >= 15 is 0 Å². The number of benzene rings is 4. The Hall–Kier alpha value is -3.85. The van der Waals surface area contributed by atoms with Crippen molar-refractivity contribution in [1.29, 1.82) is 0 Å². The number of carbonyl (C=O) groups excluding carboxylic acids is 2. The summed E-state index contributed by atoms with van der Waals surface area (Å²) in [6, 6.07) is 28.5. The highest BCUT2D eigenvalue weighted by Gasteiger charge is 2.36. The normalized spacial score (nSPS) is 12.3. The lowest BCUT2D eigenvalue weighted by atomic mass is 10.0. The van der Waals surface area contributed by atoms with Crippen molar-refractivity contribution in [2.24, 2.45) is 0 Å². The van der Waals surface area contributed by atoms with Gasteiger partial charge in [-0.3, -0.25) is 13.9 Å². The molecule has 0 spiro atoms. The van der Waals surface area contributed by atoms with E-state index in [1.54, 1.807) is 48.5 Å². The molecule has 0 bridgehead atoms. The molecule has 0 saturated carbocycles. The van der Waals surface area contributed by atoms with E-state index in [-0.39, 0.29) is 23.8 Å². The van der Waals surface area contributed by atoms with Crippen molar-refractivity contribution < 1.29 is 18.0 Å². The number of amides is 2. The van der Waals surface area contributed by atoms with Gasteiger partial charge in [-0.1, -0.05) is 103 Å². The summed E-state index contributed by atoms with van der Waals surface area (Å²) in [4.78, 5) is 30.2. The van der Waals surface area contributed by atoms with E-state index in [9.17, 15) is 18.0 Å². The number of carbonyl (C=O) groups is 2. The number of nitrogens with one attached hydrogen (secondary N) is 1. The average Bonchev–Trinajstić information content (AvgIpc) is 3.02. The first-order chi connectivity index (χ1) is 21.8. The van der Waals surface area contributed by atoms with E-state index in [1.165, 1.54) is 17.0 Å². The summed E-state index contributed by atoms with van der Waals surface area (Å²) < 4.78 is 29.6. The second-order valence-electron chi connectivity index (χ2n) is 12.0. The molecule has 0 radical (unpaired) electrons. The van der Waals surface area contributed by atoms with Crippen LogP contribution in [0.2, 0.25) is 10.0 Å². The lowest BCUT2D eigenvalue weighted by Crippen LogP contribution is -2.56. The highest BCUT2D eigenvalue weighted by atomic mass is 35.5. The van der Waals surface area contributed by atoms with Gasteiger partial charge in [-0.25, -0.2) is 8.42 Å². The smallest absolute Gasteiger partial charge is 0.264 e. The van der Waals surface area contributed by atoms with Crippen molar-refractivity contribution >= 4 is 50.7 Å². The molecule has 0 aliphatic rings. The van der Waals surface area contributed by atoms with Crippen LogP contribution in [-0.4, -0.2) is 43.3 Å². The Morgan fingerprint density at radius 2 is 1.37 bits per heavy atom. The molecule has 0 aliphatic heterocycles. The Labute approximate surface area is 282 Å². The monoisotopic (exact) mass is 679 g/mol. The van der Waals surface area contributed by atoms with E-state index in [0.29, 0.717) is 27.7 Å². The summed E-state index contributed by atoms with van der Waals surface area (Å²) in [7, 11) is -4.20. The average molecular weight is 681 g/mol. The molecule has 0 fully saturated rings. The van der Waals surface area contributed by atoms with Crippen LogP contribution in [0.25, 0.3) is 0 Å². The van der Waals surface area contributed by atoms with Crippen LogP contribution in [0.15, 0.2) is 108 Å². The third-order valence-electron chi connectivity index (χ3n) is 7.41. The van der Waals surface area contributed by atoms with E-state index in [4.69, 9.17) is 23.2 Å². The maximum atomic E-state index is 14.7. The summed E-state index contributed by atoms with van der Waals surface area (Å²) in [6.07, 6.45) is 0.711. The van der Waals surface area contributed by atoms with E-state index in [2.05, 4.69) is 5.32 Å². The molecule has 7 nitrogen and oxygen atoms in total. The molecule has 46 heavy (non-hydrogen) atoms. The van der Waals surface area contributed by atoms with Gasteiger partial charge in [-0.2, -0.15) is 0 Å². The standard InChI is InChI=1S/C36H39Cl2N3O4S/c1-5-27-17-12-13-22-32(27)41(46(44,45)28-18-10-7-11-19-28)25-34(42)40(24-29-30(37)20-14-21-31(29)38)33(35(43)39-36(2,3)4)23-26-15-8-6-9-16-26/h6-22,33H,5,23-25H2,1-4H3,(H,39,43). The van der Waals surface area contributed by atoms with Gasteiger partial charge in [0.25, 0.3) is 10.0 Å². The van der Waals surface area contributed by atoms with Gasteiger partial charge in [-0.15, -0.1) is 0 Å². The molecule has 10 heteroatoms. The third-order valence-corrected chi connectivity index (χ3v) is 9.89. The van der Waals surface area contributed by atoms with Crippen molar-refractivity contribution in [3.63, 3.8) is 0 Å². The zero-order valence-electron chi connectivity index (χ0n) is 26.4. The maximum absolute atomic E-state index is 14.7. The van der Waals surface area contributed by atoms with Crippen LogP contribution in [0.5, 0.6) is 0 Å². The third kappa shape index (κ3) is 8.69. The Balaban J connectivity index is 1.87. The largest absolute Gasteiger partial charge is 0.350 e. The zero-order valence-corrected chi connectivity index (χ0v) is 28.7. The number of hydrogen-bond acceptors (Lipinski definition) is 4. The van der Waals surface area contributed by atoms with Gasteiger partial charge >= 0.3 is 0 Å². The van der Waals surface area contributed by atoms with Gasteiger partial charge in [0.15, 0.2) is 0 Å². The van der Waals surface area contributed by atoms with Crippen LogP contribution in [0.1, 0.15) is 44.4 Å². The summed E-state index contributed by atoms with van der Waals surface area (Å²) >= 11 is 13.2. The minimum atomic E-state index is -4.20.